The normalized spacial score (nSPS) is 12.6. The van der Waals surface area contributed by atoms with Gasteiger partial charge in [-0.15, -0.1) is 11.3 Å². The molecule has 0 fully saturated rings. The Balaban J connectivity index is 1.12. The summed E-state index contributed by atoms with van der Waals surface area (Å²) in [5.74, 6) is 2.11. The maximum absolute atomic E-state index is 5.25. The lowest BCUT2D eigenvalue weighted by Gasteiger charge is -2.12. The highest BCUT2D eigenvalue weighted by Crippen LogP contribution is 2.38. The molecule has 3 aromatic heterocycles. The van der Waals surface area contributed by atoms with Crippen molar-refractivity contribution in [1.29, 1.82) is 0 Å². The van der Waals surface area contributed by atoms with Crippen LogP contribution >= 0.6 is 11.3 Å². The average Bonchev–Trinajstić information content (AvgIpc) is 3.84. The molecule has 0 amide bonds. The zero-order chi connectivity index (χ0) is 37.0. The predicted octanol–water partition coefficient (Wildman–Crippen LogP) is 11.6. The molecule has 0 N–H and O–H groups in total. The van der Waals surface area contributed by atoms with Crippen LogP contribution in [-0.4, -0.2) is 19.5 Å². The van der Waals surface area contributed by atoms with E-state index in [1.165, 1.54) is 63.9 Å². The number of aromatic nitrogens is 4. The zero-order valence-electron chi connectivity index (χ0n) is 30.4. The number of hydrogen-bond donors (Lipinski definition) is 0. The van der Waals surface area contributed by atoms with Crippen molar-refractivity contribution in [2.75, 3.05) is 0 Å². The van der Waals surface area contributed by atoms with Crippen LogP contribution in [0.4, 0.5) is 0 Å². The third-order valence-corrected chi connectivity index (χ3v) is 12.3. The van der Waals surface area contributed by atoms with E-state index < -0.39 is 0 Å². The fourth-order valence-electron chi connectivity index (χ4n) is 8.24. The summed E-state index contributed by atoms with van der Waals surface area (Å²) >= 11 is 1.87. The molecule has 0 bridgehead atoms. The van der Waals surface area contributed by atoms with E-state index in [1.54, 1.807) is 0 Å². The quantitative estimate of drug-likeness (QED) is 0.171. The lowest BCUT2D eigenvalue weighted by Crippen LogP contribution is -2.26. The molecule has 0 spiro atoms. The van der Waals surface area contributed by atoms with E-state index in [0.29, 0.717) is 11.6 Å². The van der Waals surface area contributed by atoms with Gasteiger partial charge in [-0.05, 0) is 58.5 Å². The SMILES string of the molecule is C1=c2c(sc3c2ccc2c4ccccc4n(-c4ccc(-c5ccccc5)cc4)c23)=C(c2nc(-c3ccccc3)nc(-c3ccc(-c4ccccc4)cc3)n2)CC1. The van der Waals surface area contributed by atoms with Crippen molar-refractivity contribution in [2.45, 2.75) is 12.8 Å². The molecule has 4 nitrogen and oxygen atoms in total. The predicted molar refractivity (Wildman–Crippen MR) is 233 cm³/mol. The zero-order valence-corrected chi connectivity index (χ0v) is 31.2. The molecule has 0 unspecified atom stereocenters. The van der Waals surface area contributed by atoms with Gasteiger partial charge in [-0.1, -0.05) is 164 Å². The first-order valence-corrected chi connectivity index (χ1v) is 19.9. The van der Waals surface area contributed by atoms with Crippen molar-refractivity contribution < 1.29 is 0 Å². The molecule has 10 aromatic rings. The summed E-state index contributed by atoms with van der Waals surface area (Å²) in [6.07, 6.45) is 4.19. The van der Waals surface area contributed by atoms with Crippen LogP contribution in [0.1, 0.15) is 18.7 Å². The highest BCUT2D eigenvalue weighted by Gasteiger charge is 2.21. The molecule has 1 aliphatic carbocycles. The van der Waals surface area contributed by atoms with E-state index in [4.69, 9.17) is 15.0 Å². The van der Waals surface area contributed by atoms with E-state index in [1.807, 2.05) is 35.6 Å². The van der Waals surface area contributed by atoms with E-state index in [-0.39, 0.29) is 0 Å². The van der Waals surface area contributed by atoms with Crippen molar-refractivity contribution in [3.63, 3.8) is 0 Å². The Kier molecular flexibility index (Phi) is 7.78. The molecule has 56 heavy (non-hydrogen) atoms. The molecule has 5 heteroatoms. The summed E-state index contributed by atoms with van der Waals surface area (Å²) < 4.78 is 4.97. The van der Waals surface area contributed by atoms with Gasteiger partial charge in [0.25, 0.3) is 0 Å². The van der Waals surface area contributed by atoms with Gasteiger partial charge in [-0.3, -0.25) is 0 Å². The highest BCUT2D eigenvalue weighted by atomic mass is 32.1. The van der Waals surface area contributed by atoms with Gasteiger partial charge in [-0.2, -0.15) is 0 Å². The van der Waals surface area contributed by atoms with Crippen molar-refractivity contribution in [2.24, 2.45) is 0 Å². The summed E-state index contributed by atoms with van der Waals surface area (Å²) in [6.45, 7) is 0. The standard InChI is InChI=1S/C51H34N4S/c1-4-13-33(14-5-1)35-23-25-38(26-24-35)50-52-49(37-17-8-3-9-18-37)53-51(54-50)44-21-12-20-42-43-32-31-41-40-19-10-11-22-45(40)55(46(41)48(43)56-47(42)44)39-29-27-36(28-30-39)34-15-6-2-7-16-34/h1-11,13-20,22-32H,12,21H2. The second-order valence-electron chi connectivity index (χ2n) is 14.3. The fraction of sp³-hybridized carbons (Fsp3) is 0.0392. The molecule has 7 aromatic carbocycles. The van der Waals surface area contributed by atoms with Crippen LogP contribution in [0.25, 0.3) is 94.3 Å². The Morgan fingerprint density at radius 3 is 1.59 bits per heavy atom. The Bertz CT molecular complexity index is 3200. The number of fused-ring (bicyclic) bond motifs is 7. The minimum Gasteiger partial charge on any atom is -0.308 e. The molecule has 0 radical (unpaired) electrons. The minimum absolute atomic E-state index is 0.680. The average molecular weight is 735 g/mol. The van der Waals surface area contributed by atoms with Gasteiger partial charge in [-0.25, -0.2) is 15.0 Å². The molecule has 3 heterocycles. The maximum Gasteiger partial charge on any atom is 0.164 e. The van der Waals surface area contributed by atoms with Crippen LogP contribution in [0, 0.1) is 0 Å². The molecule has 0 saturated heterocycles. The van der Waals surface area contributed by atoms with Gasteiger partial charge in [0.15, 0.2) is 17.5 Å². The Hall–Kier alpha value is -6.95. The monoisotopic (exact) mass is 734 g/mol. The number of hydrogen-bond acceptors (Lipinski definition) is 4. The molecule has 0 saturated carbocycles. The number of nitrogens with zero attached hydrogens (tertiary/aromatic N) is 4. The van der Waals surface area contributed by atoms with Gasteiger partial charge < -0.3 is 4.57 Å². The van der Waals surface area contributed by atoms with Crippen molar-refractivity contribution in [1.82, 2.24) is 19.5 Å². The van der Waals surface area contributed by atoms with Gasteiger partial charge in [0.05, 0.1) is 15.7 Å². The first kappa shape index (κ1) is 32.5. The van der Waals surface area contributed by atoms with Crippen LogP contribution in [-0.2, 0) is 0 Å². The Morgan fingerprint density at radius 1 is 0.429 bits per heavy atom. The van der Waals surface area contributed by atoms with Crippen LogP contribution in [0.15, 0.2) is 176 Å². The largest absolute Gasteiger partial charge is 0.308 e. The first-order valence-electron chi connectivity index (χ1n) is 19.1. The first-order chi connectivity index (χ1) is 27.8. The lowest BCUT2D eigenvalue weighted by atomic mass is 10.0. The third-order valence-electron chi connectivity index (χ3n) is 11.0. The van der Waals surface area contributed by atoms with Gasteiger partial charge in [0.2, 0.25) is 0 Å². The van der Waals surface area contributed by atoms with E-state index in [2.05, 4.69) is 162 Å². The summed E-state index contributed by atoms with van der Waals surface area (Å²) in [4.78, 5) is 15.5. The Labute approximate surface area is 328 Å². The van der Waals surface area contributed by atoms with Crippen LogP contribution in [0.5, 0.6) is 0 Å². The molecule has 0 atom stereocenters. The molecule has 1 aliphatic rings. The van der Waals surface area contributed by atoms with E-state index >= 15 is 0 Å². The van der Waals surface area contributed by atoms with Crippen LogP contribution in [0.3, 0.4) is 0 Å². The number of rotatable bonds is 6. The molecule has 0 aliphatic heterocycles. The minimum atomic E-state index is 0.680. The summed E-state index contributed by atoms with van der Waals surface area (Å²) in [6, 6.07) is 62.3. The van der Waals surface area contributed by atoms with Crippen LogP contribution in [0.2, 0.25) is 0 Å². The van der Waals surface area contributed by atoms with Crippen LogP contribution < -0.4 is 9.75 Å². The third kappa shape index (κ3) is 5.47. The van der Waals surface area contributed by atoms with Crippen molar-refractivity contribution in [3.8, 4) is 50.7 Å². The molecule has 11 rings (SSSR count). The van der Waals surface area contributed by atoms with Crippen molar-refractivity contribution in [3.05, 3.63) is 192 Å². The smallest absolute Gasteiger partial charge is 0.164 e. The topological polar surface area (TPSA) is 43.6 Å². The van der Waals surface area contributed by atoms with E-state index in [0.717, 1.165) is 41.0 Å². The molecule has 264 valence electrons. The van der Waals surface area contributed by atoms with Crippen molar-refractivity contribution >= 4 is 54.9 Å². The highest BCUT2D eigenvalue weighted by molar-refractivity contribution is 7.18. The second-order valence-corrected chi connectivity index (χ2v) is 15.3. The van der Waals surface area contributed by atoms with Gasteiger partial charge in [0, 0.05) is 43.1 Å². The molecular weight excluding hydrogens is 701 g/mol. The number of para-hydroxylation sites is 1. The summed E-state index contributed by atoms with van der Waals surface area (Å²) in [5, 5.41) is 5.06. The van der Waals surface area contributed by atoms with Gasteiger partial charge in [0.1, 0.15) is 0 Å². The summed E-state index contributed by atoms with van der Waals surface area (Å²) in [5.41, 5.74) is 11.5. The fourth-order valence-corrected chi connectivity index (χ4v) is 9.65. The number of thiophene rings is 1. The lowest BCUT2D eigenvalue weighted by molar-refractivity contribution is 0.987. The Morgan fingerprint density at radius 2 is 0.929 bits per heavy atom. The maximum atomic E-state index is 5.25. The second kappa shape index (κ2) is 13.4. The number of benzene rings is 7. The molecular formula is C51H34N4S. The van der Waals surface area contributed by atoms with Gasteiger partial charge >= 0.3 is 0 Å². The van der Waals surface area contributed by atoms with E-state index in [9.17, 15) is 0 Å². The summed E-state index contributed by atoms with van der Waals surface area (Å²) in [7, 11) is 0.